The van der Waals surface area contributed by atoms with Crippen molar-refractivity contribution in [1.82, 2.24) is 4.90 Å². The number of hydrogen-bond donors (Lipinski definition) is 0. The maximum atomic E-state index is 12.7. The molecule has 0 radical (unpaired) electrons. The van der Waals surface area contributed by atoms with Gasteiger partial charge >= 0.3 is 0 Å². The first kappa shape index (κ1) is 19.6. The molecule has 5 nitrogen and oxygen atoms in total. The van der Waals surface area contributed by atoms with Crippen molar-refractivity contribution in [2.24, 2.45) is 4.99 Å². The van der Waals surface area contributed by atoms with Crippen LogP contribution in [-0.4, -0.2) is 41.2 Å². The molecule has 0 saturated carbocycles. The van der Waals surface area contributed by atoms with Gasteiger partial charge in [0.15, 0.2) is 11.0 Å². The van der Waals surface area contributed by atoms with Crippen molar-refractivity contribution in [2.45, 2.75) is 0 Å². The van der Waals surface area contributed by atoms with Gasteiger partial charge in [-0.3, -0.25) is 14.5 Å². The van der Waals surface area contributed by atoms with Gasteiger partial charge in [0.25, 0.3) is 5.91 Å². The summed E-state index contributed by atoms with van der Waals surface area (Å²) in [6, 6.07) is 16.4. The van der Waals surface area contributed by atoms with Crippen molar-refractivity contribution < 1.29 is 14.3 Å². The summed E-state index contributed by atoms with van der Waals surface area (Å²) < 4.78 is 5.15. The average Bonchev–Trinajstić information content (AvgIpc) is 3.02. The van der Waals surface area contributed by atoms with Gasteiger partial charge in [-0.15, -0.1) is 6.58 Å². The highest BCUT2D eigenvalue weighted by Gasteiger charge is 2.30. The minimum absolute atomic E-state index is 0.00751. The minimum Gasteiger partial charge on any atom is -0.497 e. The first-order valence-corrected chi connectivity index (χ1v) is 9.69. The maximum absolute atomic E-state index is 12.7. The van der Waals surface area contributed by atoms with Gasteiger partial charge < -0.3 is 4.74 Å². The number of ketones is 1. The first-order chi connectivity index (χ1) is 13.6. The lowest BCUT2D eigenvalue weighted by Crippen LogP contribution is -2.31. The van der Waals surface area contributed by atoms with Crippen LogP contribution in [0.4, 0.5) is 0 Å². The summed E-state index contributed by atoms with van der Waals surface area (Å²) in [7, 11) is 1.60. The number of benzene rings is 2. The number of carbonyl (C=O) groups is 2. The summed E-state index contributed by atoms with van der Waals surface area (Å²) >= 11 is 1.26. The highest BCUT2D eigenvalue weighted by atomic mass is 32.2. The molecule has 3 rings (SSSR count). The molecule has 2 aromatic rings. The summed E-state index contributed by atoms with van der Waals surface area (Å²) in [5.74, 6) is 0.740. The molecule has 0 aromatic heterocycles. The third kappa shape index (κ3) is 4.58. The molecule has 28 heavy (non-hydrogen) atoms. The van der Waals surface area contributed by atoms with E-state index in [0.717, 1.165) is 11.3 Å². The number of Topliss-reactive ketones (excluding diaryl/α,β-unsaturated/α-hetero) is 1. The van der Waals surface area contributed by atoms with Gasteiger partial charge in [-0.2, -0.15) is 0 Å². The quantitative estimate of drug-likeness (QED) is 0.405. The Morgan fingerprint density at radius 1 is 1.18 bits per heavy atom. The molecule has 0 bridgehead atoms. The van der Waals surface area contributed by atoms with E-state index in [1.807, 2.05) is 42.5 Å². The molecule has 2 aromatic carbocycles. The lowest BCUT2D eigenvalue weighted by molar-refractivity contribution is -0.122. The molecule has 0 fully saturated rings. The SMILES string of the molecule is C=CCN1C(=O)C(=Cc2ccc(OC)cc2)N=C1SCC(=O)c1ccccc1. The van der Waals surface area contributed by atoms with Crippen LogP contribution in [0.25, 0.3) is 6.08 Å². The van der Waals surface area contributed by atoms with E-state index in [1.54, 1.807) is 31.4 Å². The molecule has 0 aliphatic carbocycles. The van der Waals surface area contributed by atoms with Crippen LogP contribution < -0.4 is 4.74 Å². The summed E-state index contributed by atoms with van der Waals surface area (Å²) in [5.41, 5.74) is 1.82. The van der Waals surface area contributed by atoms with Crippen LogP contribution in [0.3, 0.4) is 0 Å². The van der Waals surface area contributed by atoms with Crippen molar-refractivity contribution in [3.05, 3.63) is 84.1 Å². The maximum Gasteiger partial charge on any atom is 0.278 e. The summed E-state index contributed by atoms with van der Waals surface area (Å²) in [6.45, 7) is 4.04. The Labute approximate surface area is 168 Å². The van der Waals surface area contributed by atoms with Gasteiger partial charge in [0, 0.05) is 12.1 Å². The van der Waals surface area contributed by atoms with Gasteiger partial charge in [0.2, 0.25) is 0 Å². The molecule has 1 amide bonds. The standard InChI is InChI=1S/C22H20N2O3S/c1-3-13-24-21(26)19(14-16-9-11-18(27-2)12-10-16)23-22(24)28-15-20(25)17-7-5-4-6-8-17/h3-12,14H,1,13,15H2,2H3. The fraction of sp³-hybridized carbons (Fsp3) is 0.136. The van der Waals surface area contributed by atoms with Gasteiger partial charge in [0.05, 0.1) is 12.9 Å². The number of thioether (sulfide) groups is 1. The average molecular weight is 392 g/mol. The Morgan fingerprint density at radius 3 is 2.54 bits per heavy atom. The zero-order valence-corrected chi connectivity index (χ0v) is 16.3. The Kier molecular flexibility index (Phi) is 6.45. The largest absolute Gasteiger partial charge is 0.497 e. The second-order valence-electron chi connectivity index (χ2n) is 5.98. The molecule has 142 valence electrons. The van der Waals surface area contributed by atoms with E-state index in [4.69, 9.17) is 4.74 Å². The third-order valence-electron chi connectivity index (χ3n) is 4.07. The molecular weight excluding hydrogens is 372 g/mol. The number of rotatable bonds is 7. The van der Waals surface area contributed by atoms with Gasteiger partial charge in [-0.1, -0.05) is 60.3 Å². The van der Waals surface area contributed by atoms with Crippen LogP contribution in [0.1, 0.15) is 15.9 Å². The van der Waals surface area contributed by atoms with Crippen molar-refractivity contribution >= 4 is 34.7 Å². The molecule has 0 atom stereocenters. The first-order valence-electron chi connectivity index (χ1n) is 8.70. The molecule has 0 spiro atoms. The summed E-state index contributed by atoms with van der Waals surface area (Å²) in [6.07, 6.45) is 3.37. The second-order valence-corrected chi connectivity index (χ2v) is 6.92. The van der Waals surface area contributed by atoms with E-state index >= 15 is 0 Å². The Hall–Kier alpha value is -3.12. The van der Waals surface area contributed by atoms with Crippen molar-refractivity contribution in [3.63, 3.8) is 0 Å². The van der Waals surface area contributed by atoms with Crippen molar-refractivity contribution in [1.29, 1.82) is 0 Å². The molecule has 6 heteroatoms. The van der Waals surface area contributed by atoms with Gasteiger partial charge in [-0.25, -0.2) is 4.99 Å². The predicted molar refractivity (Wildman–Crippen MR) is 114 cm³/mol. The molecule has 0 unspecified atom stereocenters. The topological polar surface area (TPSA) is 59.0 Å². The number of amidine groups is 1. The van der Waals surface area contributed by atoms with E-state index in [1.165, 1.54) is 16.7 Å². The Balaban J connectivity index is 1.77. The van der Waals surface area contributed by atoms with Crippen LogP contribution >= 0.6 is 11.8 Å². The fourth-order valence-corrected chi connectivity index (χ4v) is 3.53. The van der Waals surface area contributed by atoms with Crippen LogP contribution in [0.5, 0.6) is 5.75 Å². The van der Waals surface area contributed by atoms with Crippen LogP contribution in [0, 0.1) is 0 Å². The summed E-state index contributed by atoms with van der Waals surface area (Å²) in [4.78, 5) is 31.1. The third-order valence-corrected chi connectivity index (χ3v) is 5.05. The Morgan fingerprint density at radius 2 is 1.89 bits per heavy atom. The number of methoxy groups -OCH3 is 1. The second kappa shape index (κ2) is 9.19. The van der Waals surface area contributed by atoms with E-state index in [0.29, 0.717) is 23.0 Å². The minimum atomic E-state index is -0.203. The van der Waals surface area contributed by atoms with Crippen LogP contribution in [0.15, 0.2) is 77.9 Å². The van der Waals surface area contributed by atoms with Crippen LogP contribution in [-0.2, 0) is 4.79 Å². The molecule has 0 N–H and O–H groups in total. The Bertz CT molecular complexity index is 934. The predicted octanol–water partition coefficient (Wildman–Crippen LogP) is 4.04. The van der Waals surface area contributed by atoms with E-state index < -0.39 is 0 Å². The number of ether oxygens (including phenoxy) is 1. The molecular formula is C22H20N2O3S. The number of aliphatic imine (C=N–C) groups is 1. The molecule has 1 aliphatic rings. The van der Waals surface area contributed by atoms with Crippen molar-refractivity contribution in [2.75, 3.05) is 19.4 Å². The monoisotopic (exact) mass is 392 g/mol. The van der Waals surface area contributed by atoms with E-state index in [2.05, 4.69) is 11.6 Å². The van der Waals surface area contributed by atoms with Gasteiger partial charge in [0.1, 0.15) is 11.4 Å². The zero-order valence-electron chi connectivity index (χ0n) is 15.5. The zero-order chi connectivity index (χ0) is 19.9. The lowest BCUT2D eigenvalue weighted by Gasteiger charge is -2.15. The lowest BCUT2D eigenvalue weighted by atomic mass is 10.2. The molecule has 1 aliphatic heterocycles. The van der Waals surface area contributed by atoms with Crippen molar-refractivity contribution in [3.8, 4) is 5.75 Å². The highest BCUT2D eigenvalue weighted by molar-refractivity contribution is 8.14. The van der Waals surface area contributed by atoms with Gasteiger partial charge in [-0.05, 0) is 23.8 Å². The fourth-order valence-electron chi connectivity index (χ4n) is 2.63. The van der Waals surface area contributed by atoms with E-state index in [9.17, 15) is 9.59 Å². The highest BCUT2D eigenvalue weighted by Crippen LogP contribution is 2.25. The number of carbonyl (C=O) groups excluding carboxylic acids is 2. The normalized spacial score (nSPS) is 14.9. The number of hydrogen-bond acceptors (Lipinski definition) is 5. The molecule has 0 saturated heterocycles. The van der Waals surface area contributed by atoms with Crippen LogP contribution in [0.2, 0.25) is 0 Å². The smallest absolute Gasteiger partial charge is 0.278 e. The van der Waals surface area contributed by atoms with E-state index in [-0.39, 0.29) is 17.4 Å². The molecule has 1 heterocycles. The summed E-state index contributed by atoms with van der Waals surface area (Å²) in [5, 5.41) is 0.508. The number of amides is 1. The number of nitrogens with zero attached hydrogens (tertiary/aromatic N) is 2.